The molecular weight excluding hydrogens is 243 g/mol. The van der Waals surface area contributed by atoms with Crippen LogP contribution in [0.15, 0.2) is 42.5 Å². The summed E-state index contributed by atoms with van der Waals surface area (Å²) in [6.07, 6.45) is 0. The topological polar surface area (TPSA) is 36.3 Å². The summed E-state index contributed by atoms with van der Waals surface area (Å²) in [6, 6.07) is 12.5. The van der Waals surface area contributed by atoms with Crippen molar-refractivity contribution in [3.05, 3.63) is 59.4 Å². The van der Waals surface area contributed by atoms with Crippen LogP contribution in [0.5, 0.6) is 5.75 Å². The van der Waals surface area contributed by atoms with Crippen LogP contribution >= 0.6 is 0 Å². The summed E-state index contributed by atoms with van der Waals surface area (Å²) in [5.74, 6) is 0.205. The van der Waals surface area contributed by atoms with E-state index in [1.807, 2.05) is 24.3 Å². The lowest BCUT2D eigenvalue weighted by Crippen LogP contribution is -2.23. The average Bonchev–Trinajstić information content (AvgIpc) is 2.77. The molecule has 19 heavy (non-hydrogen) atoms. The molecule has 0 bridgehead atoms. The van der Waals surface area contributed by atoms with Gasteiger partial charge in [-0.2, -0.15) is 0 Å². The van der Waals surface area contributed by atoms with Gasteiger partial charge in [-0.15, -0.1) is 0 Å². The summed E-state index contributed by atoms with van der Waals surface area (Å²) in [4.78, 5) is 1.78. The Labute approximate surface area is 110 Å². The molecule has 0 atom stereocenters. The van der Waals surface area contributed by atoms with Crippen molar-refractivity contribution in [1.82, 2.24) is 0 Å². The third-order valence-corrected chi connectivity index (χ3v) is 3.32. The van der Waals surface area contributed by atoms with Gasteiger partial charge in [0, 0.05) is 17.3 Å². The number of nitrogens with one attached hydrogen (secondary N) is 1. The van der Waals surface area contributed by atoms with E-state index in [2.05, 4.69) is 0 Å². The summed E-state index contributed by atoms with van der Waals surface area (Å²) < 4.78 is 18.6. The molecule has 0 saturated carbocycles. The number of rotatable bonds is 2. The van der Waals surface area contributed by atoms with E-state index < -0.39 is 5.82 Å². The fraction of sp³-hybridized carbons (Fsp3) is 0.133. The molecule has 3 nitrogen and oxygen atoms in total. The number of amidine groups is 1. The SMILES string of the molecule is COc1ccc(N2Cc3ccccc3C2=N)cc1F. The van der Waals surface area contributed by atoms with Gasteiger partial charge in [-0.25, -0.2) is 4.39 Å². The highest BCUT2D eigenvalue weighted by Gasteiger charge is 2.25. The number of fused-ring (bicyclic) bond motifs is 1. The molecule has 0 saturated heterocycles. The fourth-order valence-electron chi connectivity index (χ4n) is 2.33. The van der Waals surface area contributed by atoms with E-state index in [1.165, 1.54) is 13.2 Å². The Kier molecular flexibility index (Phi) is 2.71. The van der Waals surface area contributed by atoms with Crippen molar-refractivity contribution in [2.24, 2.45) is 0 Å². The van der Waals surface area contributed by atoms with E-state index in [0.29, 0.717) is 18.1 Å². The van der Waals surface area contributed by atoms with Crippen molar-refractivity contribution in [2.45, 2.75) is 6.54 Å². The third kappa shape index (κ3) is 1.85. The standard InChI is InChI=1S/C15H13FN2O/c1-19-14-7-6-11(8-13(14)16)18-9-10-4-2-3-5-12(10)15(18)17/h2-8,17H,9H2,1H3. The number of hydrogen-bond donors (Lipinski definition) is 1. The van der Waals surface area contributed by atoms with Gasteiger partial charge in [-0.3, -0.25) is 5.41 Å². The average molecular weight is 256 g/mol. The number of nitrogens with zero attached hydrogens (tertiary/aromatic N) is 1. The second kappa shape index (κ2) is 4.39. The molecule has 0 aromatic heterocycles. The van der Waals surface area contributed by atoms with Crippen molar-refractivity contribution in [3.63, 3.8) is 0 Å². The number of methoxy groups -OCH3 is 1. The van der Waals surface area contributed by atoms with Gasteiger partial charge in [0.15, 0.2) is 11.6 Å². The zero-order valence-electron chi connectivity index (χ0n) is 10.5. The Morgan fingerprint density at radius 2 is 2.00 bits per heavy atom. The molecular formula is C15H13FN2O. The summed E-state index contributed by atoms with van der Waals surface area (Å²) in [5.41, 5.74) is 2.65. The molecule has 3 rings (SSSR count). The molecule has 0 amide bonds. The Hall–Kier alpha value is -2.36. The highest BCUT2D eigenvalue weighted by molar-refractivity contribution is 6.11. The van der Waals surface area contributed by atoms with Crippen LogP contribution in [-0.4, -0.2) is 12.9 Å². The Bertz CT molecular complexity index is 654. The van der Waals surface area contributed by atoms with Crippen LogP contribution in [0, 0.1) is 11.2 Å². The van der Waals surface area contributed by atoms with Crippen molar-refractivity contribution in [1.29, 1.82) is 5.41 Å². The first-order valence-corrected chi connectivity index (χ1v) is 5.98. The molecule has 0 radical (unpaired) electrons. The van der Waals surface area contributed by atoms with Gasteiger partial charge in [0.2, 0.25) is 0 Å². The quantitative estimate of drug-likeness (QED) is 0.895. The largest absolute Gasteiger partial charge is 0.494 e. The molecule has 0 fully saturated rings. The van der Waals surface area contributed by atoms with Crippen molar-refractivity contribution in [3.8, 4) is 5.75 Å². The minimum Gasteiger partial charge on any atom is -0.494 e. The molecule has 2 aromatic rings. The van der Waals surface area contributed by atoms with E-state index in [-0.39, 0.29) is 5.75 Å². The van der Waals surface area contributed by atoms with Crippen molar-refractivity contribution in [2.75, 3.05) is 12.0 Å². The Balaban J connectivity index is 1.97. The van der Waals surface area contributed by atoms with E-state index in [9.17, 15) is 4.39 Å². The van der Waals surface area contributed by atoms with Gasteiger partial charge in [0.25, 0.3) is 0 Å². The first kappa shape index (κ1) is 11.7. The smallest absolute Gasteiger partial charge is 0.167 e. The van der Waals surface area contributed by atoms with Crippen LogP contribution in [0.3, 0.4) is 0 Å². The highest BCUT2D eigenvalue weighted by atomic mass is 19.1. The predicted octanol–water partition coefficient (Wildman–Crippen LogP) is 3.18. The lowest BCUT2D eigenvalue weighted by Gasteiger charge is -2.18. The van der Waals surface area contributed by atoms with Gasteiger partial charge < -0.3 is 9.64 Å². The second-order valence-corrected chi connectivity index (χ2v) is 4.41. The zero-order chi connectivity index (χ0) is 13.4. The predicted molar refractivity (Wildman–Crippen MR) is 72.4 cm³/mol. The van der Waals surface area contributed by atoms with E-state index in [0.717, 1.165) is 11.1 Å². The molecule has 4 heteroatoms. The zero-order valence-corrected chi connectivity index (χ0v) is 10.5. The van der Waals surface area contributed by atoms with Gasteiger partial charge in [-0.05, 0) is 17.7 Å². The molecule has 1 aliphatic heterocycles. The van der Waals surface area contributed by atoms with Gasteiger partial charge in [0.05, 0.1) is 13.7 Å². The van der Waals surface area contributed by atoms with Gasteiger partial charge >= 0.3 is 0 Å². The summed E-state index contributed by atoms with van der Waals surface area (Å²) in [7, 11) is 1.44. The first-order chi connectivity index (χ1) is 9.20. The van der Waals surface area contributed by atoms with Crippen LogP contribution in [0.1, 0.15) is 11.1 Å². The van der Waals surface area contributed by atoms with E-state index in [4.69, 9.17) is 10.1 Å². The van der Waals surface area contributed by atoms with Crippen LogP contribution in [0.25, 0.3) is 0 Å². The number of anilines is 1. The highest BCUT2D eigenvalue weighted by Crippen LogP contribution is 2.30. The normalized spacial score (nSPS) is 13.6. The molecule has 1 heterocycles. The van der Waals surface area contributed by atoms with Crippen molar-refractivity contribution >= 4 is 11.5 Å². The Morgan fingerprint density at radius 3 is 2.68 bits per heavy atom. The van der Waals surface area contributed by atoms with Crippen LogP contribution in [0.2, 0.25) is 0 Å². The molecule has 2 aromatic carbocycles. The number of hydrogen-bond acceptors (Lipinski definition) is 2. The number of benzene rings is 2. The van der Waals surface area contributed by atoms with E-state index >= 15 is 0 Å². The lowest BCUT2D eigenvalue weighted by molar-refractivity contribution is 0.386. The third-order valence-electron chi connectivity index (χ3n) is 3.32. The van der Waals surface area contributed by atoms with Gasteiger partial charge in [-0.1, -0.05) is 24.3 Å². The maximum atomic E-state index is 13.7. The summed E-state index contributed by atoms with van der Waals surface area (Å²) in [5, 5.41) is 8.17. The lowest BCUT2D eigenvalue weighted by atomic mass is 10.1. The summed E-state index contributed by atoms with van der Waals surface area (Å²) >= 11 is 0. The molecule has 0 aliphatic carbocycles. The fourth-order valence-corrected chi connectivity index (χ4v) is 2.33. The minimum absolute atomic E-state index is 0.215. The maximum Gasteiger partial charge on any atom is 0.167 e. The Morgan fingerprint density at radius 1 is 1.21 bits per heavy atom. The maximum absolute atomic E-state index is 13.7. The van der Waals surface area contributed by atoms with Crippen molar-refractivity contribution < 1.29 is 9.13 Å². The monoisotopic (exact) mass is 256 g/mol. The van der Waals surface area contributed by atoms with Crippen LogP contribution in [0.4, 0.5) is 10.1 Å². The van der Waals surface area contributed by atoms with E-state index in [1.54, 1.807) is 17.0 Å². The van der Waals surface area contributed by atoms with Gasteiger partial charge in [0.1, 0.15) is 5.84 Å². The molecule has 96 valence electrons. The molecule has 1 N–H and O–H groups in total. The van der Waals surface area contributed by atoms with Crippen LogP contribution in [-0.2, 0) is 6.54 Å². The molecule has 1 aliphatic rings. The minimum atomic E-state index is -0.413. The number of ether oxygens (including phenoxy) is 1. The molecule has 0 spiro atoms. The second-order valence-electron chi connectivity index (χ2n) is 4.41. The first-order valence-electron chi connectivity index (χ1n) is 5.98. The van der Waals surface area contributed by atoms with Crippen LogP contribution < -0.4 is 9.64 Å². The number of halogens is 1. The molecule has 0 unspecified atom stereocenters. The summed E-state index contributed by atoms with van der Waals surface area (Å²) in [6.45, 7) is 0.598.